The van der Waals surface area contributed by atoms with Crippen molar-refractivity contribution in [2.75, 3.05) is 20.1 Å². The number of nitrogens with zero attached hydrogens (tertiary/aromatic N) is 1. The van der Waals surface area contributed by atoms with Crippen LogP contribution >= 0.6 is 0 Å². The highest BCUT2D eigenvalue weighted by Crippen LogP contribution is 2.17. The first-order chi connectivity index (χ1) is 6.94. The van der Waals surface area contributed by atoms with Gasteiger partial charge in [0.15, 0.2) is 0 Å². The van der Waals surface area contributed by atoms with Crippen LogP contribution in [0.5, 0.6) is 0 Å². The summed E-state index contributed by atoms with van der Waals surface area (Å²) in [6, 6.07) is 0. The van der Waals surface area contributed by atoms with E-state index in [4.69, 9.17) is 0 Å². The van der Waals surface area contributed by atoms with Crippen molar-refractivity contribution >= 4 is 5.91 Å². The van der Waals surface area contributed by atoms with Crippen molar-refractivity contribution in [3.05, 3.63) is 0 Å². The number of piperidine rings is 1. The van der Waals surface area contributed by atoms with Gasteiger partial charge in [0.05, 0.1) is 5.92 Å². The van der Waals surface area contributed by atoms with E-state index in [2.05, 4.69) is 38.0 Å². The normalized spacial score (nSPS) is 23.9. The van der Waals surface area contributed by atoms with Crippen molar-refractivity contribution in [2.45, 2.75) is 45.6 Å². The van der Waals surface area contributed by atoms with Gasteiger partial charge in [-0.25, -0.2) is 0 Å². The zero-order valence-corrected chi connectivity index (χ0v) is 10.5. The summed E-state index contributed by atoms with van der Waals surface area (Å²) < 4.78 is 0. The van der Waals surface area contributed by atoms with Crippen LogP contribution in [0, 0.1) is 5.92 Å². The van der Waals surface area contributed by atoms with Crippen LogP contribution in [0.15, 0.2) is 0 Å². The van der Waals surface area contributed by atoms with E-state index >= 15 is 0 Å². The number of rotatable bonds is 3. The van der Waals surface area contributed by atoms with Crippen molar-refractivity contribution in [1.29, 1.82) is 0 Å². The van der Waals surface area contributed by atoms with E-state index in [1.165, 1.54) is 0 Å². The fourth-order valence-electron chi connectivity index (χ4n) is 1.90. The lowest BCUT2D eigenvalue weighted by atomic mass is 9.95. The Bertz CT molecular complexity index is 226. The standard InChI is InChI=1S/C12H24N2O/c1-5-12(2,3)13-11(15)10-7-6-8-14(4)9-10/h10H,5-9H2,1-4H3,(H,13,15)/t10-/m1/s1. The van der Waals surface area contributed by atoms with Gasteiger partial charge < -0.3 is 10.2 Å². The Labute approximate surface area is 93.2 Å². The maximum Gasteiger partial charge on any atom is 0.224 e. The lowest BCUT2D eigenvalue weighted by Crippen LogP contribution is -2.49. The molecule has 1 aliphatic rings. The van der Waals surface area contributed by atoms with Gasteiger partial charge in [-0.05, 0) is 46.7 Å². The van der Waals surface area contributed by atoms with Crippen molar-refractivity contribution in [2.24, 2.45) is 5.92 Å². The minimum Gasteiger partial charge on any atom is -0.351 e. The summed E-state index contributed by atoms with van der Waals surface area (Å²) >= 11 is 0. The summed E-state index contributed by atoms with van der Waals surface area (Å²) in [6.07, 6.45) is 3.15. The molecule has 1 heterocycles. The lowest BCUT2D eigenvalue weighted by molar-refractivity contribution is -0.128. The van der Waals surface area contributed by atoms with Gasteiger partial charge in [-0.15, -0.1) is 0 Å². The first-order valence-electron chi connectivity index (χ1n) is 5.95. The summed E-state index contributed by atoms with van der Waals surface area (Å²) in [5, 5.41) is 3.13. The third kappa shape index (κ3) is 3.82. The van der Waals surface area contributed by atoms with Crippen LogP contribution in [-0.2, 0) is 4.79 Å². The van der Waals surface area contributed by atoms with E-state index in [0.717, 1.165) is 32.4 Å². The Kier molecular flexibility index (Phi) is 4.14. The van der Waals surface area contributed by atoms with Gasteiger partial charge in [0.1, 0.15) is 0 Å². The molecule has 1 saturated heterocycles. The summed E-state index contributed by atoms with van der Waals surface area (Å²) in [4.78, 5) is 14.2. The third-order valence-corrected chi connectivity index (χ3v) is 3.34. The Morgan fingerprint density at radius 1 is 1.53 bits per heavy atom. The molecule has 0 aromatic heterocycles. The Morgan fingerprint density at radius 2 is 2.20 bits per heavy atom. The van der Waals surface area contributed by atoms with Crippen molar-refractivity contribution < 1.29 is 4.79 Å². The molecule has 1 rings (SSSR count). The van der Waals surface area contributed by atoms with Crippen LogP contribution in [0.2, 0.25) is 0 Å². The van der Waals surface area contributed by atoms with Gasteiger partial charge >= 0.3 is 0 Å². The molecule has 3 heteroatoms. The van der Waals surface area contributed by atoms with Crippen molar-refractivity contribution in [3.8, 4) is 0 Å². The predicted molar refractivity (Wildman–Crippen MR) is 62.7 cm³/mol. The van der Waals surface area contributed by atoms with E-state index in [-0.39, 0.29) is 17.4 Å². The molecule has 0 bridgehead atoms. The molecule has 1 fully saturated rings. The average Bonchev–Trinajstić information content (AvgIpc) is 2.17. The molecule has 3 nitrogen and oxygen atoms in total. The number of carbonyl (C=O) groups excluding carboxylic acids is 1. The van der Waals surface area contributed by atoms with Crippen molar-refractivity contribution in [3.63, 3.8) is 0 Å². The Hall–Kier alpha value is -0.570. The molecular weight excluding hydrogens is 188 g/mol. The summed E-state index contributed by atoms with van der Waals surface area (Å²) in [5.41, 5.74) is -0.0624. The van der Waals surface area contributed by atoms with Gasteiger partial charge in [0.2, 0.25) is 5.91 Å². The molecule has 1 aliphatic heterocycles. The number of hydrogen-bond acceptors (Lipinski definition) is 2. The van der Waals surface area contributed by atoms with Crippen molar-refractivity contribution in [1.82, 2.24) is 10.2 Å². The third-order valence-electron chi connectivity index (χ3n) is 3.34. The quantitative estimate of drug-likeness (QED) is 0.771. The molecule has 0 aromatic carbocycles. The van der Waals surface area contributed by atoms with E-state index in [9.17, 15) is 4.79 Å². The second kappa shape index (κ2) is 4.97. The van der Waals surface area contributed by atoms with Gasteiger partial charge in [0.25, 0.3) is 0 Å². The fourth-order valence-corrected chi connectivity index (χ4v) is 1.90. The molecule has 0 spiro atoms. The van der Waals surface area contributed by atoms with E-state index < -0.39 is 0 Å². The fraction of sp³-hybridized carbons (Fsp3) is 0.917. The first-order valence-corrected chi connectivity index (χ1v) is 5.95. The Balaban J connectivity index is 2.46. The highest BCUT2D eigenvalue weighted by molar-refractivity contribution is 5.79. The molecule has 1 N–H and O–H groups in total. The van der Waals surface area contributed by atoms with Crippen LogP contribution in [0.4, 0.5) is 0 Å². The van der Waals surface area contributed by atoms with Crippen LogP contribution in [0.3, 0.4) is 0 Å². The van der Waals surface area contributed by atoms with Gasteiger partial charge in [-0.3, -0.25) is 4.79 Å². The first kappa shape index (κ1) is 12.5. The molecule has 1 atom stereocenters. The lowest BCUT2D eigenvalue weighted by Gasteiger charge is -2.32. The summed E-state index contributed by atoms with van der Waals surface area (Å²) in [7, 11) is 2.09. The second-order valence-electron chi connectivity index (χ2n) is 5.33. The Morgan fingerprint density at radius 3 is 2.73 bits per heavy atom. The molecule has 1 amide bonds. The van der Waals surface area contributed by atoms with E-state index in [0.29, 0.717) is 0 Å². The number of hydrogen-bond donors (Lipinski definition) is 1. The number of nitrogens with one attached hydrogen (secondary N) is 1. The molecule has 0 aliphatic carbocycles. The molecule has 0 aromatic rings. The highest BCUT2D eigenvalue weighted by Gasteiger charge is 2.27. The average molecular weight is 212 g/mol. The molecule has 88 valence electrons. The molecule has 0 saturated carbocycles. The minimum absolute atomic E-state index is 0.0624. The van der Waals surface area contributed by atoms with Crippen LogP contribution in [0.25, 0.3) is 0 Å². The molecule has 0 unspecified atom stereocenters. The smallest absolute Gasteiger partial charge is 0.224 e. The maximum atomic E-state index is 12.0. The zero-order valence-electron chi connectivity index (χ0n) is 10.5. The molecule has 15 heavy (non-hydrogen) atoms. The van der Waals surface area contributed by atoms with Crippen LogP contribution in [0.1, 0.15) is 40.0 Å². The maximum absolute atomic E-state index is 12.0. The van der Waals surface area contributed by atoms with Crippen LogP contribution in [-0.4, -0.2) is 36.5 Å². The van der Waals surface area contributed by atoms with E-state index in [1.807, 2.05) is 0 Å². The summed E-state index contributed by atoms with van der Waals surface area (Å²) in [6.45, 7) is 8.30. The zero-order chi connectivity index (χ0) is 11.5. The van der Waals surface area contributed by atoms with Gasteiger partial charge in [-0.2, -0.15) is 0 Å². The summed E-state index contributed by atoms with van der Waals surface area (Å²) in [5.74, 6) is 0.419. The topological polar surface area (TPSA) is 32.3 Å². The number of carbonyl (C=O) groups is 1. The van der Waals surface area contributed by atoms with Crippen LogP contribution < -0.4 is 5.32 Å². The SMILES string of the molecule is CCC(C)(C)NC(=O)[C@@H]1CCCN(C)C1. The largest absolute Gasteiger partial charge is 0.351 e. The highest BCUT2D eigenvalue weighted by atomic mass is 16.2. The van der Waals surface area contributed by atoms with Gasteiger partial charge in [0, 0.05) is 12.1 Å². The van der Waals surface area contributed by atoms with Gasteiger partial charge in [-0.1, -0.05) is 6.92 Å². The monoisotopic (exact) mass is 212 g/mol. The minimum atomic E-state index is -0.0624. The number of amides is 1. The number of likely N-dealkylation sites (tertiary alicyclic amines) is 1. The van der Waals surface area contributed by atoms with E-state index in [1.54, 1.807) is 0 Å². The predicted octanol–water partition coefficient (Wildman–Crippen LogP) is 1.63. The molecule has 0 radical (unpaired) electrons. The molecular formula is C12H24N2O. The second-order valence-corrected chi connectivity index (χ2v) is 5.33.